The van der Waals surface area contributed by atoms with Gasteiger partial charge in [0.2, 0.25) is 10.0 Å². The maximum Gasteiger partial charge on any atom is 0.324 e. The van der Waals surface area contributed by atoms with Gasteiger partial charge in [0, 0.05) is 0 Å². The summed E-state index contributed by atoms with van der Waals surface area (Å²) in [6, 6.07) is 2.37. The van der Waals surface area contributed by atoms with Crippen molar-refractivity contribution in [2.24, 2.45) is 0 Å². The molecule has 106 valence electrons. The number of nitrogens with one attached hydrogen (secondary N) is 1. The Hall–Kier alpha value is -1.16. The topological polar surface area (TPSA) is 113 Å². The van der Waals surface area contributed by atoms with Crippen LogP contribution in [0.15, 0.2) is 27.6 Å². The summed E-state index contributed by atoms with van der Waals surface area (Å²) in [6.07, 6.45) is 0. The van der Waals surface area contributed by atoms with Crippen LogP contribution >= 0.6 is 15.9 Å². The summed E-state index contributed by atoms with van der Waals surface area (Å²) in [6.45, 7) is -0.841. The average Bonchev–Trinajstić information content (AvgIpc) is 2.35. The molecule has 0 aliphatic rings. The number of carboxylic acids is 1. The third kappa shape index (κ3) is 3.90. The minimum atomic E-state index is -4.04. The predicted octanol–water partition coefficient (Wildman–Crippen LogP) is 0.182. The first-order chi connectivity index (χ1) is 8.81. The lowest BCUT2D eigenvalue weighted by atomic mass is 10.3. The molecule has 0 fully saturated rings. The van der Waals surface area contributed by atoms with Crippen LogP contribution in [0, 0.1) is 0 Å². The number of aliphatic carboxylic acids is 1. The van der Waals surface area contributed by atoms with E-state index >= 15 is 0 Å². The van der Waals surface area contributed by atoms with Crippen LogP contribution in [0.5, 0.6) is 5.75 Å². The standard InChI is InChI=1S/C10H12BrNO6S/c1-18-9-3-2-6(4-7(9)11)19(16,17)12-8(5-13)10(14)15/h2-4,8,12-13H,5H2,1H3,(H,14,15)/t8-/m1/s1. The van der Waals surface area contributed by atoms with E-state index in [4.69, 9.17) is 14.9 Å². The van der Waals surface area contributed by atoms with Crippen molar-refractivity contribution in [2.75, 3.05) is 13.7 Å². The van der Waals surface area contributed by atoms with E-state index in [9.17, 15) is 13.2 Å². The summed E-state index contributed by atoms with van der Waals surface area (Å²) < 4.78 is 31.1. The summed E-state index contributed by atoms with van der Waals surface area (Å²) in [5.74, 6) is -1.02. The molecule has 0 saturated heterocycles. The predicted molar refractivity (Wildman–Crippen MR) is 69.5 cm³/mol. The Morgan fingerprint density at radius 1 is 1.53 bits per heavy atom. The van der Waals surface area contributed by atoms with Crippen LogP contribution in [0.4, 0.5) is 0 Å². The molecule has 0 aliphatic carbocycles. The number of halogens is 1. The van der Waals surface area contributed by atoms with Gasteiger partial charge in [-0.1, -0.05) is 0 Å². The van der Waals surface area contributed by atoms with Gasteiger partial charge in [0.25, 0.3) is 0 Å². The number of aliphatic hydroxyl groups is 1. The number of carbonyl (C=O) groups is 1. The lowest BCUT2D eigenvalue weighted by Gasteiger charge is -2.13. The van der Waals surface area contributed by atoms with Gasteiger partial charge in [0.05, 0.1) is 23.1 Å². The van der Waals surface area contributed by atoms with E-state index in [2.05, 4.69) is 15.9 Å². The summed E-state index contributed by atoms with van der Waals surface area (Å²) in [5, 5.41) is 17.5. The van der Waals surface area contributed by atoms with E-state index in [1.54, 1.807) is 0 Å². The molecule has 0 unspecified atom stereocenters. The number of carboxylic acid groups (broad SMARTS) is 1. The third-order valence-electron chi connectivity index (χ3n) is 2.21. The highest BCUT2D eigenvalue weighted by Gasteiger charge is 2.25. The van der Waals surface area contributed by atoms with Gasteiger partial charge in [-0.15, -0.1) is 0 Å². The quantitative estimate of drug-likeness (QED) is 0.672. The normalized spacial score (nSPS) is 13.0. The molecule has 0 aromatic heterocycles. The van der Waals surface area contributed by atoms with Crippen molar-refractivity contribution in [3.8, 4) is 5.75 Å². The number of ether oxygens (including phenoxy) is 1. The van der Waals surface area contributed by atoms with Gasteiger partial charge in [-0.25, -0.2) is 8.42 Å². The van der Waals surface area contributed by atoms with Crippen LogP contribution in [0.1, 0.15) is 0 Å². The van der Waals surface area contributed by atoms with Crippen molar-refractivity contribution in [1.29, 1.82) is 0 Å². The zero-order valence-corrected chi connectivity index (χ0v) is 12.2. The molecule has 1 aromatic carbocycles. The summed E-state index contributed by atoms with van der Waals surface area (Å²) in [4.78, 5) is 10.6. The number of hydrogen-bond donors (Lipinski definition) is 3. The molecule has 3 N–H and O–H groups in total. The van der Waals surface area contributed by atoms with Gasteiger partial charge in [-0.3, -0.25) is 4.79 Å². The van der Waals surface area contributed by atoms with Crippen LogP contribution in [0.3, 0.4) is 0 Å². The largest absolute Gasteiger partial charge is 0.496 e. The monoisotopic (exact) mass is 353 g/mol. The summed E-state index contributed by atoms with van der Waals surface area (Å²) in [5.41, 5.74) is 0. The molecule has 19 heavy (non-hydrogen) atoms. The molecule has 7 nitrogen and oxygen atoms in total. The minimum absolute atomic E-state index is 0.139. The molecule has 0 saturated carbocycles. The fourth-order valence-corrected chi connectivity index (χ4v) is 3.13. The summed E-state index contributed by atoms with van der Waals surface area (Å²) in [7, 11) is -2.61. The zero-order valence-electron chi connectivity index (χ0n) is 9.83. The van der Waals surface area contributed by atoms with Crippen molar-refractivity contribution < 1.29 is 28.2 Å². The minimum Gasteiger partial charge on any atom is -0.496 e. The highest BCUT2D eigenvalue weighted by atomic mass is 79.9. The number of sulfonamides is 1. The molecule has 0 bridgehead atoms. The Labute approximate surface area is 118 Å². The van der Waals surface area contributed by atoms with Crippen LogP contribution in [0.25, 0.3) is 0 Å². The first-order valence-corrected chi connectivity index (χ1v) is 7.29. The summed E-state index contributed by atoms with van der Waals surface area (Å²) >= 11 is 3.13. The molecule has 1 rings (SSSR count). The van der Waals surface area contributed by atoms with Crippen LogP contribution in [0.2, 0.25) is 0 Å². The van der Waals surface area contributed by atoms with Crippen molar-refractivity contribution >= 4 is 31.9 Å². The van der Waals surface area contributed by atoms with E-state index in [-0.39, 0.29) is 4.90 Å². The molecule has 1 aromatic rings. The third-order valence-corrected chi connectivity index (χ3v) is 4.30. The fraction of sp³-hybridized carbons (Fsp3) is 0.300. The molecular formula is C10H12BrNO6S. The lowest BCUT2D eigenvalue weighted by molar-refractivity contribution is -0.139. The SMILES string of the molecule is COc1ccc(S(=O)(=O)N[C@H](CO)C(=O)O)cc1Br. The molecule has 0 aliphatic heterocycles. The van der Waals surface area contributed by atoms with Crippen LogP contribution < -0.4 is 9.46 Å². The smallest absolute Gasteiger partial charge is 0.324 e. The van der Waals surface area contributed by atoms with E-state index in [0.717, 1.165) is 0 Å². The molecule has 0 heterocycles. The number of hydrogen-bond acceptors (Lipinski definition) is 5. The highest BCUT2D eigenvalue weighted by Crippen LogP contribution is 2.27. The van der Waals surface area contributed by atoms with Crippen molar-refractivity contribution in [3.05, 3.63) is 22.7 Å². The number of rotatable bonds is 6. The van der Waals surface area contributed by atoms with Crippen molar-refractivity contribution in [1.82, 2.24) is 4.72 Å². The Morgan fingerprint density at radius 2 is 2.16 bits per heavy atom. The molecule has 0 amide bonds. The first-order valence-electron chi connectivity index (χ1n) is 5.01. The number of methoxy groups -OCH3 is 1. The van der Waals surface area contributed by atoms with Crippen LogP contribution in [-0.4, -0.2) is 44.4 Å². The van der Waals surface area contributed by atoms with E-state index in [1.165, 1.54) is 25.3 Å². The molecule has 9 heteroatoms. The molecule has 0 radical (unpaired) electrons. The fourth-order valence-electron chi connectivity index (χ4n) is 1.24. The Bertz CT molecular complexity index is 573. The maximum atomic E-state index is 11.9. The van der Waals surface area contributed by atoms with Gasteiger partial charge >= 0.3 is 5.97 Å². The second-order valence-electron chi connectivity index (χ2n) is 3.49. The first kappa shape index (κ1) is 15.9. The number of benzene rings is 1. The lowest BCUT2D eigenvalue weighted by Crippen LogP contribution is -2.43. The Morgan fingerprint density at radius 3 is 2.58 bits per heavy atom. The number of aliphatic hydroxyl groups excluding tert-OH is 1. The Kier molecular flexibility index (Phi) is 5.29. The molecule has 0 spiro atoms. The van der Waals surface area contributed by atoms with Crippen molar-refractivity contribution in [2.45, 2.75) is 10.9 Å². The van der Waals surface area contributed by atoms with Crippen LogP contribution in [-0.2, 0) is 14.8 Å². The van der Waals surface area contributed by atoms with Gasteiger partial charge in [0.1, 0.15) is 11.8 Å². The highest BCUT2D eigenvalue weighted by molar-refractivity contribution is 9.10. The van der Waals surface area contributed by atoms with Crippen molar-refractivity contribution in [3.63, 3.8) is 0 Å². The second-order valence-corrected chi connectivity index (χ2v) is 6.06. The molecule has 1 atom stereocenters. The van der Waals surface area contributed by atoms with Gasteiger partial charge in [-0.2, -0.15) is 4.72 Å². The van der Waals surface area contributed by atoms with Gasteiger partial charge < -0.3 is 14.9 Å². The van der Waals surface area contributed by atoms with E-state index < -0.39 is 28.6 Å². The van der Waals surface area contributed by atoms with E-state index in [1.807, 2.05) is 4.72 Å². The average molecular weight is 354 g/mol. The second kappa shape index (κ2) is 6.33. The Balaban J connectivity index is 3.07. The maximum absolute atomic E-state index is 11.9. The van der Waals surface area contributed by atoms with Gasteiger partial charge in [0.15, 0.2) is 0 Å². The van der Waals surface area contributed by atoms with Gasteiger partial charge in [-0.05, 0) is 34.1 Å². The zero-order chi connectivity index (χ0) is 14.6. The van der Waals surface area contributed by atoms with E-state index in [0.29, 0.717) is 10.2 Å². The molecular weight excluding hydrogens is 342 g/mol.